The summed E-state index contributed by atoms with van der Waals surface area (Å²) in [5, 5.41) is 7.49. The van der Waals surface area contributed by atoms with Crippen LogP contribution in [0, 0.1) is 13.8 Å². The van der Waals surface area contributed by atoms with Crippen LogP contribution in [0.25, 0.3) is 11.0 Å². The van der Waals surface area contributed by atoms with Crippen LogP contribution >= 0.6 is 11.3 Å². The molecule has 0 bridgehead atoms. The lowest BCUT2D eigenvalue weighted by molar-refractivity contribution is -0.126. The van der Waals surface area contributed by atoms with Crippen LogP contribution < -0.4 is 10.6 Å². The van der Waals surface area contributed by atoms with Gasteiger partial charge in [-0.2, -0.15) is 0 Å². The second-order valence-corrected chi connectivity index (χ2v) is 8.15. The van der Waals surface area contributed by atoms with Gasteiger partial charge in [0.05, 0.1) is 15.9 Å². The number of aryl methyl sites for hydroxylation is 2. The fourth-order valence-corrected chi connectivity index (χ4v) is 3.39. The van der Waals surface area contributed by atoms with E-state index in [0.717, 1.165) is 16.9 Å². The fraction of sp³-hybridized carbons (Fsp3) is 0.350. The summed E-state index contributed by atoms with van der Waals surface area (Å²) >= 11 is 1.35. The molecule has 0 saturated heterocycles. The van der Waals surface area contributed by atoms with Crippen molar-refractivity contribution in [2.75, 3.05) is 6.54 Å². The average molecular weight is 385 g/mol. The minimum atomic E-state index is -0.997. The summed E-state index contributed by atoms with van der Waals surface area (Å²) in [5.74, 6) is 0.360. The van der Waals surface area contributed by atoms with Gasteiger partial charge in [0.25, 0.3) is 5.91 Å². The molecule has 0 atom stereocenters. The van der Waals surface area contributed by atoms with Gasteiger partial charge in [-0.05, 0) is 62.4 Å². The summed E-state index contributed by atoms with van der Waals surface area (Å²) in [7, 11) is 0. The monoisotopic (exact) mass is 384 g/mol. The molecule has 2 aromatic heterocycles. The standard InChI is InChI=1S/C20H24N4O2S/c1-12-10-14-15(11-13(12)2)23-17(22-14)7-8-21-19(26)20(3,4)24-18(25)16-6-5-9-27-16/h5-6,9-11H,7-8H2,1-4H3,(H,21,26)(H,22,23)(H,24,25). The molecule has 0 spiro atoms. The highest BCUT2D eigenvalue weighted by Gasteiger charge is 2.29. The summed E-state index contributed by atoms with van der Waals surface area (Å²) in [6.45, 7) is 7.97. The van der Waals surface area contributed by atoms with E-state index in [1.807, 2.05) is 11.4 Å². The van der Waals surface area contributed by atoms with Crippen LogP contribution in [0.5, 0.6) is 0 Å². The molecule has 2 amide bonds. The first-order chi connectivity index (χ1) is 12.8. The molecule has 0 saturated carbocycles. The molecular formula is C20H24N4O2S. The van der Waals surface area contributed by atoms with Gasteiger partial charge in [0.15, 0.2) is 0 Å². The molecule has 3 aromatic rings. The number of amides is 2. The van der Waals surface area contributed by atoms with E-state index in [9.17, 15) is 9.59 Å². The Kier molecular flexibility index (Phi) is 5.32. The summed E-state index contributed by atoms with van der Waals surface area (Å²) in [6.07, 6.45) is 0.591. The van der Waals surface area contributed by atoms with Crippen LogP contribution in [0.2, 0.25) is 0 Å². The highest BCUT2D eigenvalue weighted by Crippen LogP contribution is 2.17. The van der Waals surface area contributed by atoms with Gasteiger partial charge < -0.3 is 15.6 Å². The zero-order chi connectivity index (χ0) is 19.6. The van der Waals surface area contributed by atoms with Gasteiger partial charge in [-0.3, -0.25) is 9.59 Å². The molecule has 27 heavy (non-hydrogen) atoms. The van der Waals surface area contributed by atoms with E-state index in [2.05, 4.69) is 46.6 Å². The number of carbonyl (C=O) groups excluding carboxylic acids is 2. The molecule has 0 fully saturated rings. The molecular weight excluding hydrogens is 360 g/mol. The maximum absolute atomic E-state index is 12.5. The molecule has 6 nitrogen and oxygen atoms in total. The number of rotatable bonds is 6. The van der Waals surface area contributed by atoms with Crippen LogP contribution in [0.4, 0.5) is 0 Å². The highest BCUT2D eigenvalue weighted by molar-refractivity contribution is 7.12. The van der Waals surface area contributed by atoms with Gasteiger partial charge in [-0.15, -0.1) is 11.3 Å². The summed E-state index contributed by atoms with van der Waals surface area (Å²) in [5.41, 5.74) is 3.36. The third kappa shape index (κ3) is 4.36. The molecule has 0 aliphatic carbocycles. The normalized spacial score (nSPS) is 11.6. The van der Waals surface area contributed by atoms with Crippen molar-refractivity contribution in [3.05, 3.63) is 51.5 Å². The third-order valence-corrected chi connectivity index (χ3v) is 5.40. The van der Waals surface area contributed by atoms with Gasteiger partial charge in [0.2, 0.25) is 5.91 Å². The summed E-state index contributed by atoms with van der Waals surface area (Å²) in [6, 6.07) is 7.69. The predicted octanol–water partition coefficient (Wildman–Crippen LogP) is 3.11. The quantitative estimate of drug-likeness (QED) is 0.610. The van der Waals surface area contributed by atoms with Gasteiger partial charge in [0, 0.05) is 13.0 Å². The Morgan fingerprint density at radius 2 is 1.96 bits per heavy atom. The van der Waals surface area contributed by atoms with Crippen molar-refractivity contribution < 1.29 is 9.59 Å². The van der Waals surface area contributed by atoms with E-state index in [1.54, 1.807) is 19.9 Å². The number of nitrogens with zero attached hydrogens (tertiary/aromatic N) is 1. The second kappa shape index (κ2) is 7.52. The zero-order valence-corrected chi connectivity index (χ0v) is 16.8. The topological polar surface area (TPSA) is 86.9 Å². The maximum Gasteiger partial charge on any atom is 0.262 e. The smallest absolute Gasteiger partial charge is 0.262 e. The summed E-state index contributed by atoms with van der Waals surface area (Å²) in [4.78, 5) is 33.1. The molecule has 2 heterocycles. The van der Waals surface area contributed by atoms with E-state index < -0.39 is 5.54 Å². The van der Waals surface area contributed by atoms with E-state index in [0.29, 0.717) is 17.8 Å². The lowest BCUT2D eigenvalue weighted by Gasteiger charge is -2.24. The van der Waals surface area contributed by atoms with Crippen molar-refractivity contribution in [1.29, 1.82) is 0 Å². The molecule has 0 aliphatic rings. The first-order valence-electron chi connectivity index (χ1n) is 8.86. The molecule has 0 unspecified atom stereocenters. The molecule has 7 heteroatoms. The van der Waals surface area contributed by atoms with E-state index in [-0.39, 0.29) is 11.8 Å². The summed E-state index contributed by atoms with van der Waals surface area (Å²) < 4.78 is 0. The van der Waals surface area contributed by atoms with Crippen LogP contribution in [-0.2, 0) is 11.2 Å². The SMILES string of the molecule is Cc1cc2nc(CCNC(=O)C(C)(C)NC(=O)c3cccs3)[nH]c2cc1C. The Hall–Kier alpha value is -2.67. The molecule has 1 aromatic carbocycles. The number of nitrogens with one attached hydrogen (secondary N) is 3. The Bertz CT molecular complexity index is 934. The number of imidazole rings is 1. The van der Waals surface area contributed by atoms with E-state index in [1.165, 1.54) is 22.5 Å². The van der Waals surface area contributed by atoms with Crippen molar-refractivity contribution in [2.24, 2.45) is 0 Å². The van der Waals surface area contributed by atoms with Crippen LogP contribution in [-0.4, -0.2) is 33.9 Å². The van der Waals surface area contributed by atoms with E-state index in [4.69, 9.17) is 0 Å². The zero-order valence-electron chi connectivity index (χ0n) is 16.0. The van der Waals surface area contributed by atoms with E-state index >= 15 is 0 Å². The maximum atomic E-state index is 12.5. The number of carbonyl (C=O) groups is 2. The predicted molar refractivity (Wildman–Crippen MR) is 108 cm³/mol. The average Bonchev–Trinajstić information content (AvgIpc) is 3.24. The lowest BCUT2D eigenvalue weighted by Crippen LogP contribution is -2.54. The van der Waals surface area contributed by atoms with Gasteiger partial charge in [-0.25, -0.2) is 4.98 Å². The number of aromatic amines is 1. The third-order valence-electron chi connectivity index (χ3n) is 4.53. The fourth-order valence-electron chi connectivity index (χ4n) is 2.77. The number of thiophene rings is 1. The number of aromatic nitrogens is 2. The van der Waals surface area contributed by atoms with Crippen LogP contribution in [0.15, 0.2) is 29.6 Å². The largest absolute Gasteiger partial charge is 0.354 e. The van der Waals surface area contributed by atoms with Crippen LogP contribution in [0.1, 0.15) is 40.5 Å². The molecule has 3 N–H and O–H groups in total. The van der Waals surface area contributed by atoms with Gasteiger partial charge >= 0.3 is 0 Å². The molecule has 3 rings (SSSR count). The first kappa shape index (κ1) is 19.1. The molecule has 142 valence electrons. The van der Waals surface area contributed by atoms with Gasteiger partial charge in [0.1, 0.15) is 11.4 Å². The van der Waals surface area contributed by atoms with Crippen molar-refractivity contribution in [1.82, 2.24) is 20.6 Å². The molecule has 0 aliphatic heterocycles. The number of H-pyrrole nitrogens is 1. The van der Waals surface area contributed by atoms with Crippen molar-refractivity contribution >= 4 is 34.2 Å². The molecule has 0 radical (unpaired) electrons. The Balaban J connectivity index is 1.56. The first-order valence-corrected chi connectivity index (χ1v) is 9.74. The lowest BCUT2D eigenvalue weighted by atomic mass is 10.0. The number of fused-ring (bicyclic) bond motifs is 1. The second-order valence-electron chi connectivity index (χ2n) is 7.20. The minimum Gasteiger partial charge on any atom is -0.354 e. The minimum absolute atomic E-state index is 0.227. The van der Waals surface area contributed by atoms with Gasteiger partial charge in [-0.1, -0.05) is 6.07 Å². The highest BCUT2D eigenvalue weighted by atomic mass is 32.1. The van der Waals surface area contributed by atoms with Crippen LogP contribution in [0.3, 0.4) is 0 Å². The number of hydrogen-bond donors (Lipinski definition) is 3. The van der Waals surface area contributed by atoms with Crippen molar-refractivity contribution in [3.8, 4) is 0 Å². The van der Waals surface area contributed by atoms with Crippen molar-refractivity contribution in [3.63, 3.8) is 0 Å². The van der Waals surface area contributed by atoms with Crippen molar-refractivity contribution in [2.45, 2.75) is 39.7 Å². The Labute approximate surface area is 162 Å². The number of benzene rings is 1. The Morgan fingerprint density at radius 1 is 1.22 bits per heavy atom. The number of hydrogen-bond acceptors (Lipinski definition) is 4. The Morgan fingerprint density at radius 3 is 2.67 bits per heavy atom.